The van der Waals surface area contributed by atoms with E-state index in [1.165, 1.54) is 6.92 Å². The molecule has 0 radical (unpaired) electrons. The molecule has 0 saturated heterocycles. The lowest BCUT2D eigenvalue weighted by Crippen LogP contribution is -2.61. The summed E-state index contributed by atoms with van der Waals surface area (Å²) < 4.78 is 0. The molecule has 0 spiro atoms. The Labute approximate surface area is 309 Å². The van der Waals surface area contributed by atoms with Crippen molar-refractivity contribution in [3.05, 3.63) is 36.0 Å². The summed E-state index contributed by atoms with van der Waals surface area (Å²) in [5.74, 6) is -4.65. The lowest BCUT2D eigenvalue weighted by atomic mass is 10.0. The predicted octanol–water partition coefficient (Wildman–Crippen LogP) is -2.80. The zero-order valence-electron chi connectivity index (χ0n) is 30.9. The van der Waals surface area contributed by atoms with Crippen molar-refractivity contribution >= 4 is 46.3 Å². The molecule has 7 atom stereocenters. The lowest BCUT2D eigenvalue weighted by molar-refractivity contribution is -0.136. The maximum Gasteiger partial charge on any atom is 0.245 e. The van der Waals surface area contributed by atoms with E-state index < -0.39 is 77.8 Å². The molecule has 296 valence electrons. The normalized spacial score (nSPS) is 15.3. The summed E-state index contributed by atoms with van der Waals surface area (Å²) in [5, 5.41) is 24.1. The molecule has 18 nitrogen and oxygen atoms in total. The Kier molecular flexibility index (Phi) is 18.9. The molecule has 1 aromatic carbocycles. The van der Waals surface area contributed by atoms with Crippen LogP contribution in [-0.4, -0.2) is 108 Å². The predicted molar refractivity (Wildman–Crippen MR) is 200 cm³/mol. The summed E-state index contributed by atoms with van der Waals surface area (Å²) >= 11 is 0. The number of aromatic nitrogens is 1. The van der Waals surface area contributed by atoms with Crippen LogP contribution >= 0.6 is 0 Å². The summed E-state index contributed by atoms with van der Waals surface area (Å²) in [6, 6.07) is 0.433. The topological polar surface area (TPSA) is 329 Å². The zero-order valence-corrected chi connectivity index (χ0v) is 30.9. The highest BCUT2D eigenvalue weighted by Gasteiger charge is 2.34. The minimum absolute atomic E-state index is 0.0672. The third-order valence-corrected chi connectivity index (χ3v) is 8.83. The van der Waals surface area contributed by atoms with E-state index in [1.54, 1.807) is 20.0 Å². The number of para-hydroxylation sites is 1. The number of aliphatic hydroxyl groups is 1. The Hall–Kier alpha value is -4.62. The standard InChI is InChI=1S/C35H59N11O7/c1-19(2)28(39)34(52)46-29(20(3)47)35(53)44-26(13-8-16-38)32(50)42-24(11-6-14-36)31(49)43-25(12-7-15-37)33(51)45-27(30(40)48)17-21-18-41-23-10-5-4-9-22(21)23/h4-5,9-10,18-20,24-29,41,47H,6-8,11-17,36-39H2,1-3H3,(H2,40,48)(H,42,50)(H,43,49)(H,44,53)(H,45,51)(H,46,52)/t20-,24+,25-,26-,27+,28-,29+/m1/s1. The number of hydrogen-bond donors (Lipinski definition) is 12. The zero-order chi connectivity index (χ0) is 39.7. The number of primary amides is 1. The third-order valence-electron chi connectivity index (χ3n) is 8.83. The van der Waals surface area contributed by atoms with E-state index in [4.69, 9.17) is 28.7 Å². The first-order valence-corrected chi connectivity index (χ1v) is 18.0. The van der Waals surface area contributed by atoms with Crippen molar-refractivity contribution in [3.8, 4) is 0 Å². The number of rotatable bonds is 24. The van der Waals surface area contributed by atoms with E-state index >= 15 is 0 Å². The van der Waals surface area contributed by atoms with Crippen molar-refractivity contribution in [2.24, 2.45) is 34.6 Å². The van der Waals surface area contributed by atoms with Crippen molar-refractivity contribution in [2.75, 3.05) is 19.6 Å². The number of carbonyl (C=O) groups is 6. The van der Waals surface area contributed by atoms with Crippen LogP contribution in [-0.2, 0) is 35.2 Å². The monoisotopic (exact) mass is 745 g/mol. The first-order valence-electron chi connectivity index (χ1n) is 18.0. The summed E-state index contributed by atoms with van der Waals surface area (Å²) in [6.45, 7) is 5.33. The second kappa shape index (κ2) is 22.4. The molecule has 0 aliphatic heterocycles. The number of amides is 6. The Morgan fingerprint density at radius 3 is 1.57 bits per heavy atom. The number of hydrogen-bond acceptors (Lipinski definition) is 11. The molecule has 18 heteroatoms. The maximum atomic E-state index is 13.7. The molecule has 2 rings (SSSR count). The molecular formula is C35H59N11O7. The van der Waals surface area contributed by atoms with Crippen molar-refractivity contribution < 1.29 is 33.9 Å². The molecule has 0 fully saturated rings. The number of carbonyl (C=O) groups excluding carboxylic acids is 6. The highest BCUT2D eigenvalue weighted by atomic mass is 16.3. The highest BCUT2D eigenvalue weighted by molar-refractivity contribution is 5.97. The molecule has 6 amide bonds. The van der Waals surface area contributed by atoms with Gasteiger partial charge in [-0.2, -0.15) is 0 Å². The molecule has 1 heterocycles. The molecule has 53 heavy (non-hydrogen) atoms. The number of aromatic amines is 1. The number of nitrogens with one attached hydrogen (secondary N) is 6. The average Bonchev–Trinajstić information content (AvgIpc) is 3.53. The molecule has 0 saturated carbocycles. The van der Waals surface area contributed by atoms with Gasteiger partial charge in [0.1, 0.15) is 30.2 Å². The Balaban J connectivity index is 2.24. The van der Waals surface area contributed by atoms with Crippen LogP contribution in [0.25, 0.3) is 10.9 Å². The van der Waals surface area contributed by atoms with Crippen molar-refractivity contribution in [2.45, 2.75) is 108 Å². The highest BCUT2D eigenvalue weighted by Crippen LogP contribution is 2.19. The SMILES string of the molecule is CC(C)[C@@H](N)C(=O)N[C@H](C(=O)N[C@H](CCCN)C(=O)N[C@@H](CCCN)C(=O)N[C@H](CCCN)C(=O)N[C@@H](Cc1c[nH]c2ccccc12)C(N)=O)[C@@H](C)O. The van der Waals surface area contributed by atoms with E-state index in [0.717, 1.165) is 16.5 Å². The molecule has 0 aliphatic carbocycles. The van der Waals surface area contributed by atoms with Crippen LogP contribution in [0.2, 0.25) is 0 Å². The number of nitrogens with two attached hydrogens (primary N) is 5. The van der Waals surface area contributed by atoms with Crippen LogP contribution < -0.4 is 55.3 Å². The van der Waals surface area contributed by atoms with E-state index in [9.17, 15) is 33.9 Å². The van der Waals surface area contributed by atoms with Crippen molar-refractivity contribution in [1.29, 1.82) is 0 Å². The Bertz CT molecular complexity index is 1520. The first-order chi connectivity index (χ1) is 25.1. The van der Waals surface area contributed by atoms with Gasteiger partial charge >= 0.3 is 0 Å². The molecule has 2 aromatic rings. The first kappa shape index (κ1) is 44.5. The summed E-state index contributed by atoms with van der Waals surface area (Å²) in [7, 11) is 0. The van der Waals surface area contributed by atoms with Crippen LogP contribution in [0, 0.1) is 5.92 Å². The molecule has 17 N–H and O–H groups in total. The van der Waals surface area contributed by atoms with Crippen LogP contribution in [0.1, 0.15) is 64.9 Å². The number of H-pyrrole nitrogens is 1. The lowest BCUT2D eigenvalue weighted by Gasteiger charge is -2.28. The van der Waals surface area contributed by atoms with Crippen molar-refractivity contribution in [1.82, 2.24) is 31.6 Å². The van der Waals surface area contributed by atoms with E-state index in [1.807, 2.05) is 24.3 Å². The van der Waals surface area contributed by atoms with Gasteiger partial charge in [-0.05, 0) is 82.6 Å². The van der Waals surface area contributed by atoms with Gasteiger partial charge in [-0.15, -0.1) is 0 Å². The largest absolute Gasteiger partial charge is 0.391 e. The summed E-state index contributed by atoms with van der Waals surface area (Å²) in [4.78, 5) is 82.4. The maximum absolute atomic E-state index is 13.7. The third kappa shape index (κ3) is 14.0. The van der Waals surface area contributed by atoms with Gasteiger partial charge in [-0.25, -0.2) is 0 Å². The van der Waals surface area contributed by atoms with E-state index in [-0.39, 0.29) is 51.2 Å². The molecule has 0 aliphatic rings. The van der Waals surface area contributed by atoms with Crippen LogP contribution in [0.3, 0.4) is 0 Å². The average molecular weight is 746 g/mol. The smallest absolute Gasteiger partial charge is 0.245 e. The minimum atomic E-state index is -1.43. The quantitative estimate of drug-likeness (QED) is 0.0521. The van der Waals surface area contributed by atoms with Gasteiger partial charge in [0.05, 0.1) is 12.1 Å². The van der Waals surface area contributed by atoms with Gasteiger partial charge in [0.2, 0.25) is 35.4 Å². The second-order valence-electron chi connectivity index (χ2n) is 13.5. The molecule has 0 unspecified atom stereocenters. The Morgan fingerprint density at radius 1 is 0.679 bits per heavy atom. The minimum Gasteiger partial charge on any atom is -0.391 e. The molecule has 1 aromatic heterocycles. The van der Waals surface area contributed by atoms with Gasteiger partial charge in [0.25, 0.3) is 0 Å². The van der Waals surface area contributed by atoms with Gasteiger partial charge in [-0.3, -0.25) is 28.8 Å². The van der Waals surface area contributed by atoms with Gasteiger partial charge in [0, 0.05) is 23.5 Å². The Morgan fingerprint density at radius 2 is 1.13 bits per heavy atom. The summed E-state index contributed by atoms with van der Waals surface area (Å²) in [6.07, 6.45) is 1.73. The fourth-order valence-electron chi connectivity index (χ4n) is 5.55. The number of aliphatic hydroxyl groups excluding tert-OH is 1. The van der Waals surface area contributed by atoms with Crippen LogP contribution in [0.4, 0.5) is 0 Å². The van der Waals surface area contributed by atoms with Crippen LogP contribution in [0.5, 0.6) is 0 Å². The van der Waals surface area contributed by atoms with Gasteiger partial charge in [-0.1, -0.05) is 32.0 Å². The second-order valence-corrected chi connectivity index (χ2v) is 13.5. The van der Waals surface area contributed by atoms with E-state index in [2.05, 4.69) is 31.6 Å². The fourth-order valence-corrected chi connectivity index (χ4v) is 5.55. The van der Waals surface area contributed by atoms with Crippen LogP contribution in [0.15, 0.2) is 30.5 Å². The van der Waals surface area contributed by atoms with Gasteiger partial charge < -0.3 is 65.3 Å². The number of benzene rings is 1. The van der Waals surface area contributed by atoms with E-state index in [0.29, 0.717) is 19.3 Å². The molecule has 0 bridgehead atoms. The van der Waals surface area contributed by atoms with Gasteiger partial charge in [0.15, 0.2) is 0 Å². The molecular weight excluding hydrogens is 686 g/mol. The van der Waals surface area contributed by atoms with Crippen molar-refractivity contribution in [3.63, 3.8) is 0 Å². The number of fused-ring (bicyclic) bond motifs is 1. The fraction of sp³-hybridized carbons (Fsp3) is 0.600. The summed E-state index contributed by atoms with van der Waals surface area (Å²) in [5.41, 5.74) is 30.3.